The number of amides is 3. The van der Waals surface area contributed by atoms with Gasteiger partial charge in [-0.1, -0.05) is 44.4 Å². The van der Waals surface area contributed by atoms with E-state index in [2.05, 4.69) is 10.8 Å². The lowest BCUT2D eigenvalue weighted by Gasteiger charge is -2.33. The van der Waals surface area contributed by atoms with Crippen LogP contribution in [0, 0.1) is 5.92 Å². The molecular weight excluding hydrogens is 398 g/mol. The van der Waals surface area contributed by atoms with Crippen molar-refractivity contribution in [2.75, 3.05) is 0 Å². The highest BCUT2D eigenvalue weighted by Crippen LogP contribution is 2.39. The maximum atomic E-state index is 13.1. The van der Waals surface area contributed by atoms with E-state index in [1.165, 1.54) is 6.92 Å². The van der Waals surface area contributed by atoms with Crippen molar-refractivity contribution in [3.8, 4) is 5.75 Å². The number of hydrogen-bond donors (Lipinski definition) is 2. The van der Waals surface area contributed by atoms with Gasteiger partial charge in [-0.05, 0) is 43.7 Å². The van der Waals surface area contributed by atoms with Gasteiger partial charge in [0, 0.05) is 13.0 Å². The van der Waals surface area contributed by atoms with E-state index in [0.29, 0.717) is 30.9 Å². The van der Waals surface area contributed by atoms with Gasteiger partial charge in [0.2, 0.25) is 17.6 Å². The van der Waals surface area contributed by atoms with Gasteiger partial charge in [-0.25, -0.2) is 0 Å². The molecule has 1 heterocycles. The molecule has 0 spiro atoms. The number of fused-ring (bicyclic) bond motifs is 1. The average Bonchev–Trinajstić information content (AvgIpc) is 3.17. The number of carbonyl (C=O) groups is 4. The Hall–Kier alpha value is -2.90. The molecule has 1 aromatic carbocycles. The predicted octanol–water partition coefficient (Wildman–Crippen LogP) is 2.13. The monoisotopic (exact) mass is 429 g/mol. The zero-order valence-corrected chi connectivity index (χ0v) is 18.1. The van der Waals surface area contributed by atoms with E-state index >= 15 is 0 Å². The number of carbonyl (C=O) groups excluding carboxylic acids is 4. The maximum absolute atomic E-state index is 13.1. The van der Waals surface area contributed by atoms with Gasteiger partial charge in [-0.3, -0.25) is 19.2 Å². The first kappa shape index (κ1) is 22.8. The molecule has 1 aromatic rings. The second-order valence-corrected chi connectivity index (χ2v) is 8.35. The molecule has 0 bridgehead atoms. The first-order valence-electron chi connectivity index (χ1n) is 11.1. The number of benzene rings is 1. The molecule has 1 saturated carbocycles. The minimum absolute atomic E-state index is 0.0879. The Labute approximate surface area is 182 Å². The number of hydrogen-bond acceptors (Lipinski definition) is 5. The van der Waals surface area contributed by atoms with Gasteiger partial charge in [-0.15, -0.1) is 0 Å². The van der Waals surface area contributed by atoms with Crippen LogP contribution in [0.3, 0.4) is 0 Å². The maximum Gasteiger partial charge on any atom is 0.322 e. The number of nitrogens with one attached hydrogen (secondary N) is 2. The summed E-state index contributed by atoms with van der Waals surface area (Å²) in [5.74, 6) is -1.47. The fourth-order valence-corrected chi connectivity index (χ4v) is 4.77. The summed E-state index contributed by atoms with van der Waals surface area (Å²) in [6, 6.07) is 7.10. The van der Waals surface area contributed by atoms with Gasteiger partial charge < -0.3 is 15.1 Å². The molecule has 2 fully saturated rings. The summed E-state index contributed by atoms with van der Waals surface area (Å²) in [4.78, 5) is 57.2. The molecule has 0 aromatic heterocycles. The molecule has 31 heavy (non-hydrogen) atoms. The van der Waals surface area contributed by atoms with Crippen LogP contribution in [0.5, 0.6) is 5.75 Å². The highest BCUT2D eigenvalue weighted by molar-refractivity contribution is 6.38. The van der Waals surface area contributed by atoms with Crippen molar-refractivity contribution in [1.82, 2.24) is 15.7 Å². The van der Waals surface area contributed by atoms with Gasteiger partial charge in [-0.2, -0.15) is 5.48 Å². The molecule has 3 rings (SSSR count). The number of para-hydroxylation sites is 1. The van der Waals surface area contributed by atoms with Crippen molar-refractivity contribution in [1.29, 1.82) is 0 Å². The zero-order chi connectivity index (χ0) is 22.4. The lowest BCUT2D eigenvalue weighted by molar-refractivity contribution is -0.145. The van der Waals surface area contributed by atoms with Crippen molar-refractivity contribution in [2.45, 2.75) is 76.9 Å². The van der Waals surface area contributed by atoms with Crippen LogP contribution in [0.2, 0.25) is 0 Å². The summed E-state index contributed by atoms with van der Waals surface area (Å²) in [5.41, 5.74) is 2.14. The SMILES string of the molecule is CCC[C@H](NC(=O)[C@@H]1C[C@@H]2CCCC[C@@H]2N1C(C)=O)C(=O)C(=O)NOc1ccccc1. The number of ketones is 1. The molecule has 2 N–H and O–H groups in total. The van der Waals surface area contributed by atoms with E-state index in [1.807, 2.05) is 6.92 Å². The van der Waals surface area contributed by atoms with Crippen molar-refractivity contribution in [3.63, 3.8) is 0 Å². The Kier molecular flexibility index (Phi) is 7.65. The smallest absolute Gasteiger partial charge is 0.322 e. The Morgan fingerprint density at radius 1 is 1.13 bits per heavy atom. The van der Waals surface area contributed by atoms with Crippen LogP contribution in [-0.2, 0) is 19.2 Å². The summed E-state index contributed by atoms with van der Waals surface area (Å²) >= 11 is 0. The molecule has 0 unspecified atom stereocenters. The quantitative estimate of drug-likeness (QED) is 0.487. The topological polar surface area (TPSA) is 105 Å². The Balaban J connectivity index is 1.64. The number of likely N-dealkylation sites (tertiary alicyclic amines) is 1. The van der Waals surface area contributed by atoms with Gasteiger partial charge >= 0.3 is 5.91 Å². The highest BCUT2D eigenvalue weighted by Gasteiger charge is 2.46. The molecule has 4 atom stereocenters. The normalized spacial score (nSPS) is 23.4. The summed E-state index contributed by atoms with van der Waals surface area (Å²) in [6.07, 6.45) is 5.61. The van der Waals surface area contributed by atoms with Gasteiger partial charge in [0.05, 0.1) is 6.04 Å². The standard InChI is InChI=1S/C23H31N3O5/c1-3-9-18(21(28)23(30)25-31-17-11-5-4-6-12-17)24-22(29)20-14-16-10-7-8-13-19(16)26(20)15(2)27/h4-6,11-12,16,18-20H,3,7-10,13-14H2,1-2H3,(H,24,29)(H,25,30)/t16-,18-,19-,20-/m0/s1. The zero-order valence-electron chi connectivity index (χ0n) is 18.1. The van der Waals surface area contributed by atoms with Crippen molar-refractivity contribution in [3.05, 3.63) is 30.3 Å². The lowest BCUT2D eigenvalue weighted by atomic mass is 9.84. The molecule has 1 aliphatic carbocycles. The number of hydroxylamine groups is 1. The predicted molar refractivity (Wildman–Crippen MR) is 114 cm³/mol. The minimum atomic E-state index is -0.965. The van der Waals surface area contributed by atoms with E-state index in [0.717, 1.165) is 25.7 Å². The van der Waals surface area contributed by atoms with Crippen LogP contribution in [0.1, 0.15) is 58.8 Å². The molecular formula is C23H31N3O5. The van der Waals surface area contributed by atoms with Crippen LogP contribution in [0.25, 0.3) is 0 Å². The average molecular weight is 430 g/mol. The third-order valence-electron chi connectivity index (χ3n) is 6.19. The van der Waals surface area contributed by atoms with E-state index < -0.39 is 23.8 Å². The molecule has 168 valence electrons. The number of rotatable bonds is 8. The van der Waals surface area contributed by atoms with Crippen molar-refractivity contribution < 1.29 is 24.0 Å². The fraction of sp³-hybridized carbons (Fsp3) is 0.565. The first-order chi connectivity index (χ1) is 14.9. The molecule has 0 radical (unpaired) electrons. The number of Topliss-reactive ketones (excluding diaryl/α,β-unsaturated/α-hetero) is 1. The van der Waals surface area contributed by atoms with Crippen LogP contribution < -0.4 is 15.6 Å². The molecule has 1 saturated heterocycles. The summed E-state index contributed by atoms with van der Waals surface area (Å²) in [6.45, 7) is 3.36. The molecule has 8 nitrogen and oxygen atoms in total. The van der Waals surface area contributed by atoms with Crippen LogP contribution in [0.4, 0.5) is 0 Å². The highest BCUT2D eigenvalue weighted by atomic mass is 16.7. The van der Waals surface area contributed by atoms with Crippen LogP contribution in [-0.4, -0.2) is 46.5 Å². The molecule has 2 aliphatic rings. The van der Waals surface area contributed by atoms with Crippen LogP contribution >= 0.6 is 0 Å². The first-order valence-corrected chi connectivity index (χ1v) is 11.1. The second kappa shape index (κ2) is 10.4. The Morgan fingerprint density at radius 3 is 2.52 bits per heavy atom. The summed E-state index contributed by atoms with van der Waals surface area (Å²) in [5, 5.41) is 2.73. The van der Waals surface area contributed by atoms with Crippen LogP contribution in [0.15, 0.2) is 30.3 Å². The largest absolute Gasteiger partial charge is 0.379 e. The Morgan fingerprint density at radius 2 is 1.84 bits per heavy atom. The van der Waals surface area contributed by atoms with Gasteiger partial charge in [0.1, 0.15) is 6.04 Å². The lowest BCUT2D eigenvalue weighted by Crippen LogP contribution is -2.54. The summed E-state index contributed by atoms with van der Waals surface area (Å²) in [7, 11) is 0. The van der Waals surface area contributed by atoms with E-state index in [-0.39, 0.29) is 17.9 Å². The Bertz CT molecular complexity index is 813. The van der Waals surface area contributed by atoms with E-state index in [9.17, 15) is 19.2 Å². The third kappa shape index (κ3) is 5.42. The van der Waals surface area contributed by atoms with E-state index in [4.69, 9.17) is 4.84 Å². The molecule has 3 amide bonds. The van der Waals surface area contributed by atoms with Crippen molar-refractivity contribution >= 4 is 23.5 Å². The summed E-state index contributed by atoms with van der Waals surface area (Å²) < 4.78 is 0. The van der Waals surface area contributed by atoms with Crippen molar-refractivity contribution in [2.24, 2.45) is 5.92 Å². The number of nitrogens with zero attached hydrogens (tertiary/aromatic N) is 1. The second-order valence-electron chi connectivity index (χ2n) is 8.35. The molecule has 8 heteroatoms. The third-order valence-corrected chi connectivity index (χ3v) is 6.19. The molecule has 1 aliphatic heterocycles. The van der Waals surface area contributed by atoms with Gasteiger partial charge in [0.25, 0.3) is 0 Å². The van der Waals surface area contributed by atoms with Gasteiger partial charge in [0.15, 0.2) is 5.75 Å². The fourth-order valence-electron chi connectivity index (χ4n) is 4.77. The minimum Gasteiger partial charge on any atom is -0.379 e. The van der Waals surface area contributed by atoms with E-state index in [1.54, 1.807) is 35.2 Å².